The third-order valence-electron chi connectivity index (χ3n) is 9.00. The highest BCUT2D eigenvalue weighted by Gasteiger charge is 2.70. The van der Waals surface area contributed by atoms with Crippen molar-refractivity contribution in [2.24, 2.45) is 5.92 Å². The minimum atomic E-state index is -1.31. The number of nitrogens with one attached hydrogen (secondary N) is 1. The standard InChI is InChI=1S/C36H29BrN2O3/c1-2-7-22-12-14-24(15-13-22)33(40)31-32(34(41)25-16-19-26(37)20-17-25)39-29-11-6-3-8-23(29)18-21-30(39)36(31)27-9-4-5-10-28(27)38-35(36)42/h3-6,8-21,30-32H,2,7H2,1H3,(H,38,42). The van der Waals surface area contributed by atoms with Crippen LogP contribution in [0.2, 0.25) is 0 Å². The number of aryl methyl sites for hydroxylation is 1. The first-order valence-electron chi connectivity index (χ1n) is 14.3. The molecule has 0 aromatic heterocycles. The molecule has 4 aromatic carbocycles. The summed E-state index contributed by atoms with van der Waals surface area (Å²) in [6, 6.07) is 28.9. The number of rotatable bonds is 6. The predicted molar refractivity (Wildman–Crippen MR) is 169 cm³/mol. The molecule has 3 heterocycles. The number of ketones is 2. The Bertz CT molecular complexity index is 1760. The van der Waals surface area contributed by atoms with Crippen LogP contribution in [0, 0.1) is 5.92 Å². The van der Waals surface area contributed by atoms with E-state index in [0.717, 1.165) is 39.7 Å². The largest absolute Gasteiger partial charge is 0.352 e. The van der Waals surface area contributed by atoms with Gasteiger partial charge in [0.1, 0.15) is 11.5 Å². The second-order valence-electron chi connectivity index (χ2n) is 11.2. The summed E-state index contributed by atoms with van der Waals surface area (Å²) in [7, 11) is 0. The van der Waals surface area contributed by atoms with Crippen molar-refractivity contribution < 1.29 is 14.4 Å². The van der Waals surface area contributed by atoms with Crippen molar-refractivity contribution in [1.29, 1.82) is 0 Å². The normalized spacial score (nSPS) is 23.3. The molecule has 1 fully saturated rings. The van der Waals surface area contributed by atoms with Crippen LogP contribution in [-0.2, 0) is 16.6 Å². The number of para-hydroxylation sites is 2. The van der Waals surface area contributed by atoms with Gasteiger partial charge in [-0.05, 0) is 47.4 Å². The number of carbonyl (C=O) groups excluding carboxylic acids is 3. The van der Waals surface area contributed by atoms with Crippen molar-refractivity contribution in [3.05, 3.63) is 135 Å². The van der Waals surface area contributed by atoms with E-state index in [0.29, 0.717) is 16.8 Å². The SMILES string of the molecule is CCCc1ccc(C(=O)C2C(C(=O)c3ccc(Br)cc3)N3c4ccccc4C=CC3C23C(=O)Nc2ccccc23)cc1. The van der Waals surface area contributed by atoms with Crippen LogP contribution in [-0.4, -0.2) is 29.6 Å². The number of halogens is 1. The molecule has 1 amide bonds. The Balaban J connectivity index is 1.49. The number of nitrogens with zero attached hydrogens (tertiary/aromatic N) is 1. The Morgan fingerprint density at radius 3 is 2.29 bits per heavy atom. The van der Waals surface area contributed by atoms with Gasteiger partial charge < -0.3 is 10.2 Å². The highest BCUT2D eigenvalue weighted by Crippen LogP contribution is 2.58. The summed E-state index contributed by atoms with van der Waals surface area (Å²) in [5.41, 5.74) is 4.05. The van der Waals surface area contributed by atoms with E-state index in [1.165, 1.54) is 0 Å². The quantitative estimate of drug-likeness (QED) is 0.232. The minimum Gasteiger partial charge on any atom is -0.352 e. The molecule has 0 radical (unpaired) electrons. The number of carbonyl (C=O) groups is 3. The number of amides is 1. The Morgan fingerprint density at radius 1 is 0.857 bits per heavy atom. The maximum Gasteiger partial charge on any atom is 0.238 e. The summed E-state index contributed by atoms with van der Waals surface area (Å²) in [5, 5.41) is 3.09. The van der Waals surface area contributed by atoms with Crippen LogP contribution in [0.3, 0.4) is 0 Å². The van der Waals surface area contributed by atoms with Gasteiger partial charge in [-0.3, -0.25) is 14.4 Å². The van der Waals surface area contributed by atoms with Gasteiger partial charge >= 0.3 is 0 Å². The minimum absolute atomic E-state index is 0.187. The number of anilines is 2. The first-order valence-corrected chi connectivity index (χ1v) is 15.1. The number of fused-ring (bicyclic) bond motifs is 6. The van der Waals surface area contributed by atoms with E-state index in [9.17, 15) is 14.4 Å². The number of hydrogen-bond acceptors (Lipinski definition) is 4. The van der Waals surface area contributed by atoms with E-state index in [1.54, 1.807) is 12.1 Å². The molecule has 1 saturated heterocycles. The summed E-state index contributed by atoms with van der Waals surface area (Å²) in [6.45, 7) is 2.12. The van der Waals surface area contributed by atoms with Crippen LogP contribution in [0.15, 0.2) is 108 Å². The molecule has 6 heteroatoms. The molecule has 1 spiro atoms. The fraction of sp³-hybridized carbons (Fsp3) is 0.194. The van der Waals surface area contributed by atoms with Gasteiger partial charge in [0.2, 0.25) is 5.91 Å². The lowest BCUT2D eigenvalue weighted by molar-refractivity contribution is -0.121. The molecule has 208 valence electrons. The van der Waals surface area contributed by atoms with Crippen molar-refractivity contribution in [2.45, 2.75) is 37.3 Å². The highest BCUT2D eigenvalue weighted by atomic mass is 79.9. The second kappa shape index (κ2) is 10.2. The molecule has 1 N–H and O–H groups in total. The zero-order chi connectivity index (χ0) is 29.0. The fourth-order valence-corrected chi connectivity index (χ4v) is 7.47. The summed E-state index contributed by atoms with van der Waals surface area (Å²) in [4.78, 5) is 46.1. The van der Waals surface area contributed by atoms with Crippen LogP contribution in [0.4, 0.5) is 11.4 Å². The van der Waals surface area contributed by atoms with E-state index in [2.05, 4.69) is 28.2 Å². The molecular weight excluding hydrogens is 588 g/mol. The predicted octanol–water partition coefficient (Wildman–Crippen LogP) is 7.26. The van der Waals surface area contributed by atoms with Crippen molar-refractivity contribution in [1.82, 2.24) is 0 Å². The molecule has 42 heavy (non-hydrogen) atoms. The van der Waals surface area contributed by atoms with E-state index in [1.807, 2.05) is 102 Å². The van der Waals surface area contributed by atoms with Crippen molar-refractivity contribution in [3.63, 3.8) is 0 Å². The summed E-state index contributed by atoms with van der Waals surface area (Å²) in [5.74, 6) is -1.63. The molecule has 4 atom stereocenters. The number of benzene rings is 4. The summed E-state index contributed by atoms with van der Waals surface area (Å²) < 4.78 is 0.856. The molecule has 7 rings (SSSR count). The number of Topliss-reactive ketones (excluding diaryl/α,β-unsaturated/α-hetero) is 2. The van der Waals surface area contributed by atoms with Gasteiger partial charge in [0, 0.05) is 27.0 Å². The summed E-state index contributed by atoms with van der Waals surface area (Å²) >= 11 is 3.47. The Morgan fingerprint density at radius 2 is 1.52 bits per heavy atom. The van der Waals surface area contributed by atoms with Gasteiger partial charge in [-0.15, -0.1) is 0 Å². The maximum absolute atomic E-state index is 14.9. The lowest BCUT2D eigenvalue weighted by Gasteiger charge is -2.37. The Labute approximate surface area is 253 Å². The van der Waals surface area contributed by atoms with Gasteiger partial charge in [-0.1, -0.05) is 114 Å². The first kappa shape index (κ1) is 26.6. The topological polar surface area (TPSA) is 66.5 Å². The average molecular weight is 618 g/mol. The van der Waals surface area contributed by atoms with Gasteiger partial charge in [-0.25, -0.2) is 0 Å². The van der Waals surface area contributed by atoms with Crippen LogP contribution in [0.5, 0.6) is 0 Å². The van der Waals surface area contributed by atoms with Crippen LogP contribution in [0.25, 0.3) is 6.08 Å². The van der Waals surface area contributed by atoms with Crippen molar-refractivity contribution in [2.75, 3.05) is 10.2 Å². The Hall–Kier alpha value is -4.29. The van der Waals surface area contributed by atoms with E-state index >= 15 is 0 Å². The highest BCUT2D eigenvalue weighted by molar-refractivity contribution is 9.10. The zero-order valence-corrected chi connectivity index (χ0v) is 24.7. The van der Waals surface area contributed by atoms with Crippen LogP contribution >= 0.6 is 15.9 Å². The maximum atomic E-state index is 14.9. The fourth-order valence-electron chi connectivity index (χ4n) is 7.21. The average Bonchev–Trinajstić information content (AvgIpc) is 3.50. The molecule has 0 saturated carbocycles. The van der Waals surface area contributed by atoms with Crippen molar-refractivity contribution >= 4 is 50.9 Å². The third kappa shape index (κ3) is 3.85. The van der Waals surface area contributed by atoms with Gasteiger partial charge in [0.25, 0.3) is 0 Å². The first-order chi connectivity index (χ1) is 20.4. The molecule has 4 aromatic rings. The molecule has 5 nitrogen and oxygen atoms in total. The van der Waals surface area contributed by atoms with Crippen molar-refractivity contribution in [3.8, 4) is 0 Å². The van der Waals surface area contributed by atoms with E-state index < -0.39 is 23.4 Å². The molecule has 0 bridgehead atoms. The van der Waals surface area contributed by atoms with E-state index in [4.69, 9.17) is 0 Å². The molecular formula is C36H29BrN2O3. The zero-order valence-electron chi connectivity index (χ0n) is 23.1. The van der Waals surface area contributed by atoms with Gasteiger partial charge in [0.15, 0.2) is 11.6 Å². The molecule has 4 unspecified atom stereocenters. The second-order valence-corrected chi connectivity index (χ2v) is 12.2. The monoisotopic (exact) mass is 616 g/mol. The third-order valence-corrected chi connectivity index (χ3v) is 9.53. The summed E-state index contributed by atoms with van der Waals surface area (Å²) in [6.07, 6.45) is 5.94. The lowest BCUT2D eigenvalue weighted by Crippen LogP contribution is -2.51. The van der Waals surface area contributed by atoms with Crippen LogP contribution < -0.4 is 10.2 Å². The Kier molecular flexibility index (Phi) is 6.47. The van der Waals surface area contributed by atoms with Crippen LogP contribution in [0.1, 0.15) is 50.8 Å². The number of hydrogen-bond donors (Lipinski definition) is 1. The van der Waals surface area contributed by atoms with Gasteiger partial charge in [0.05, 0.1) is 12.0 Å². The van der Waals surface area contributed by atoms with Gasteiger partial charge in [-0.2, -0.15) is 0 Å². The molecule has 0 aliphatic carbocycles. The molecule has 3 aliphatic rings. The van der Waals surface area contributed by atoms with E-state index in [-0.39, 0.29) is 17.5 Å². The smallest absolute Gasteiger partial charge is 0.238 e. The lowest BCUT2D eigenvalue weighted by atomic mass is 9.64. The molecule has 3 aliphatic heterocycles.